The molecule has 0 radical (unpaired) electrons. The summed E-state index contributed by atoms with van der Waals surface area (Å²) in [5.41, 5.74) is 1.76. The van der Waals surface area contributed by atoms with Crippen molar-refractivity contribution in [1.82, 2.24) is 25.1 Å². The van der Waals surface area contributed by atoms with Crippen molar-refractivity contribution in [2.45, 2.75) is 46.1 Å². The normalized spacial score (nSPS) is 19.0. The summed E-state index contributed by atoms with van der Waals surface area (Å²) in [5.74, 6) is 1.74. The van der Waals surface area contributed by atoms with E-state index in [0.29, 0.717) is 12.0 Å². The van der Waals surface area contributed by atoms with E-state index in [1.165, 1.54) is 0 Å². The van der Waals surface area contributed by atoms with Gasteiger partial charge in [0.05, 0.1) is 17.3 Å². The first-order valence-electron chi connectivity index (χ1n) is 9.65. The lowest BCUT2D eigenvalue weighted by atomic mass is 9.77. The summed E-state index contributed by atoms with van der Waals surface area (Å²) in [6.07, 6.45) is 8.31. The lowest BCUT2D eigenvalue weighted by molar-refractivity contribution is -0.128. The standard InChI is InChI=1S/C19H27N7O/c1-13(2)26-12-15(11-22-26)23-18-21-10-14(3)16(24-18)25-8-5-19(6-9-25)4-7-20-17(19)27/h10-13H,4-9H2,1-3H3,(H,20,27)(H,21,23,24). The summed E-state index contributed by atoms with van der Waals surface area (Å²) in [4.78, 5) is 23.6. The van der Waals surface area contributed by atoms with Gasteiger partial charge in [0.25, 0.3) is 0 Å². The molecule has 0 saturated carbocycles. The third-order valence-electron chi connectivity index (χ3n) is 5.72. The Hall–Kier alpha value is -2.64. The molecule has 2 aliphatic rings. The Balaban J connectivity index is 1.48. The number of anilines is 3. The molecule has 0 aliphatic carbocycles. The Bertz CT molecular complexity index is 836. The number of carbonyl (C=O) groups is 1. The highest BCUT2D eigenvalue weighted by atomic mass is 16.2. The van der Waals surface area contributed by atoms with Crippen LogP contribution < -0.4 is 15.5 Å². The zero-order chi connectivity index (χ0) is 19.0. The van der Waals surface area contributed by atoms with Crippen molar-refractivity contribution in [2.24, 2.45) is 5.41 Å². The van der Waals surface area contributed by atoms with Crippen LogP contribution in [0.5, 0.6) is 0 Å². The smallest absolute Gasteiger partial charge is 0.229 e. The van der Waals surface area contributed by atoms with Gasteiger partial charge in [-0.3, -0.25) is 9.48 Å². The van der Waals surface area contributed by atoms with Crippen molar-refractivity contribution >= 4 is 23.4 Å². The Labute approximate surface area is 159 Å². The Morgan fingerprint density at radius 2 is 2.00 bits per heavy atom. The molecule has 8 nitrogen and oxygen atoms in total. The van der Waals surface area contributed by atoms with E-state index in [1.807, 2.05) is 24.0 Å². The number of aromatic nitrogens is 4. The van der Waals surface area contributed by atoms with Gasteiger partial charge in [0, 0.05) is 43.6 Å². The van der Waals surface area contributed by atoms with Crippen LogP contribution in [0.15, 0.2) is 18.6 Å². The van der Waals surface area contributed by atoms with Crippen molar-refractivity contribution in [3.05, 3.63) is 24.2 Å². The van der Waals surface area contributed by atoms with Crippen LogP contribution in [-0.4, -0.2) is 45.3 Å². The zero-order valence-electron chi connectivity index (χ0n) is 16.2. The number of amides is 1. The van der Waals surface area contributed by atoms with E-state index in [4.69, 9.17) is 4.98 Å². The molecule has 2 aromatic rings. The van der Waals surface area contributed by atoms with Gasteiger partial charge >= 0.3 is 0 Å². The summed E-state index contributed by atoms with van der Waals surface area (Å²) < 4.78 is 1.90. The lowest BCUT2D eigenvalue weighted by Crippen LogP contribution is -2.44. The summed E-state index contributed by atoms with van der Waals surface area (Å²) >= 11 is 0. The number of hydrogen-bond donors (Lipinski definition) is 2. The fraction of sp³-hybridized carbons (Fsp3) is 0.579. The second-order valence-electron chi connectivity index (χ2n) is 7.90. The minimum atomic E-state index is -0.163. The molecule has 2 saturated heterocycles. The van der Waals surface area contributed by atoms with E-state index in [1.54, 1.807) is 6.20 Å². The predicted molar refractivity (Wildman–Crippen MR) is 104 cm³/mol. The molecule has 2 aliphatic heterocycles. The topological polar surface area (TPSA) is 88.0 Å². The second-order valence-corrected chi connectivity index (χ2v) is 7.90. The van der Waals surface area contributed by atoms with Crippen LogP contribution in [0.1, 0.15) is 44.7 Å². The molecule has 0 unspecified atom stereocenters. The van der Waals surface area contributed by atoms with Crippen LogP contribution in [0.2, 0.25) is 0 Å². The number of hydrogen-bond acceptors (Lipinski definition) is 6. The molecule has 0 bridgehead atoms. The van der Waals surface area contributed by atoms with Gasteiger partial charge in [-0.05, 0) is 40.0 Å². The maximum absolute atomic E-state index is 12.2. The van der Waals surface area contributed by atoms with Crippen LogP contribution in [-0.2, 0) is 4.79 Å². The molecule has 2 fully saturated rings. The van der Waals surface area contributed by atoms with Gasteiger partial charge in [-0.2, -0.15) is 10.1 Å². The number of aryl methyl sites for hydroxylation is 1. The first kappa shape index (κ1) is 17.8. The largest absolute Gasteiger partial charge is 0.356 e. The highest BCUT2D eigenvalue weighted by molar-refractivity contribution is 5.85. The first-order chi connectivity index (χ1) is 13.0. The SMILES string of the molecule is Cc1cnc(Nc2cnn(C(C)C)c2)nc1N1CCC2(CCNC2=O)CC1. The van der Waals surface area contributed by atoms with Gasteiger partial charge in [-0.15, -0.1) is 0 Å². The van der Waals surface area contributed by atoms with Gasteiger partial charge < -0.3 is 15.5 Å². The summed E-state index contributed by atoms with van der Waals surface area (Å²) in [6.45, 7) is 8.70. The van der Waals surface area contributed by atoms with Crippen molar-refractivity contribution in [2.75, 3.05) is 29.9 Å². The minimum Gasteiger partial charge on any atom is -0.356 e. The van der Waals surface area contributed by atoms with Crippen molar-refractivity contribution in [1.29, 1.82) is 0 Å². The average Bonchev–Trinajstić information content (AvgIpc) is 3.26. The number of nitrogens with one attached hydrogen (secondary N) is 2. The maximum Gasteiger partial charge on any atom is 0.229 e. The Morgan fingerprint density at radius 1 is 1.22 bits per heavy atom. The van der Waals surface area contributed by atoms with Gasteiger partial charge in [0.2, 0.25) is 11.9 Å². The summed E-state index contributed by atoms with van der Waals surface area (Å²) in [6, 6.07) is 0.309. The number of piperidine rings is 1. The molecule has 4 heterocycles. The van der Waals surface area contributed by atoms with E-state index in [2.05, 4.69) is 39.5 Å². The number of carbonyl (C=O) groups excluding carboxylic acids is 1. The Morgan fingerprint density at radius 3 is 2.63 bits per heavy atom. The monoisotopic (exact) mass is 369 g/mol. The van der Waals surface area contributed by atoms with Crippen LogP contribution >= 0.6 is 0 Å². The average molecular weight is 369 g/mol. The molecular formula is C19H27N7O. The molecule has 2 N–H and O–H groups in total. The lowest BCUT2D eigenvalue weighted by Gasteiger charge is -2.38. The van der Waals surface area contributed by atoms with Crippen LogP contribution in [0.3, 0.4) is 0 Å². The van der Waals surface area contributed by atoms with E-state index < -0.39 is 0 Å². The number of rotatable bonds is 4. The molecule has 0 aromatic carbocycles. The molecule has 2 aromatic heterocycles. The molecule has 4 rings (SSSR count). The fourth-order valence-corrected chi connectivity index (χ4v) is 3.97. The molecule has 0 atom stereocenters. The van der Waals surface area contributed by atoms with Gasteiger partial charge in [0.1, 0.15) is 5.82 Å². The van der Waals surface area contributed by atoms with Crippen molar-refractivity contribution < 1.29 is 4.79 Å². The highest BCUT2D eigenvalue weighted by Gasteiger charge is 2.44. The molecule has 27 heavy (non-hydrogen) atoms. The van der Waals surface area contributed by atoms with Crippen molar-refractivity contribution in [3.63, 3.8) is 0 Å². The van der Waals surface area contributed by atoms with E-state index >= 15 is 0 Å². The van der Waals surface area contributed by atoms with Crippen LogP contribution in [0.25, 0.3) is 0 Å². The molecule has 1 spiro atoms. The van der Waals surface area contributed by atoms with Gasteiger partial charge in [-0.25, -0.2) is 4.98 Å². The maximum atomic E-state index is 12.2. The van der Waals surface area contributed by atoms with Crippen molar-refractivity contribution in [3.8, 4) is 0 Å². The summed E-state index contributed by atoms with van der Waals surface area (Å²) in [5, 5.41) is 10.6. The number of nitrogens with zero attached hydrogens (tertiary/aromatic N) is 5. The quantitative estimate of drug-likeness (QED) is 0.860. The third-order valence-corrected chi connectivity index (χ3v) is 5.72. The van der Waals surface area contributed by atoms with Crippen LogP contribution in [0.4, 0.5) is 17.5 Å². The van der Waals surface area contributed by atoms with E-state index in [-0.39, 0.29) is 11.3 Å². The molecule has 8 heteroatoms. The van der Waals surface area contributed by atoms with Crippen LogP contribution in [0, 0.1) is 12.3 Å². The Kier molecular flexibility index (Phi) is 4.49. The fourth-order valence-electron chi connectivity index (χ4n) is 3.97. The van der Waals surface area contributed by atoms with Gasteiger partial charge in [-0.1, -0.05) is 0 Å². The van der Waals surface area contributed by atoms with E-state index in [9.17, 15) is 4.79 Å². The highest BCUT2D eigenvalue weighted by Crippen LogP contribution is 2.39. The predicted octanol–water partition coefficient (Wildman–Crippen LogP) is 2.41. The van der Waals surface area contributed by atoms with E-state index in [0.717, 1.165) is 56.0 Å². The molecular weight excluding hydrogens is 342 g/mol. The van der Waals surface area contributed by atoms with Gasteiger partial charge in [0.15, 0.2) is 0 Å². The minimum absolute atomic E-state index is 0.163. The summed E-state index contributed by atoms with van der Waals surface area (Å²) in [7, 11) is 0. The first-order valence-corrected chi connectivity index (χ1v) is 9.65. The second kappa shape index (κ2) is 6.83. The third kappa shape index (κ3) is 3.36. The molecule has 1 amide bonds. The molecule has 144 valence electrons. The zero-order valence-corrected chi connectivity index (χ0v) is 16.2.